The predicted octanol–water partition coefficient (Wildman–Crippen LogP) is -0.00200. The van der Waals surface area contributed by atoms with Crippen LogP contribution in [0.3, 0.4) is 0 Å². The summed E-state index contributed by atoms with van der Waals surface area (Å²) in [6.07, 6.45) is 0.714. The van der Waals surface area contributed by atoms with Gasteiger partial charge in [0.15, 0.2) is 0 Å². The van der Waals surface area contributed by atoms with Gasteiger partial charge in [-0.2, -0.15) is 0 Å². The van der Waals surface area contributed by atoms with Gasteiger partial charge < -0.3 is 4.74 Å². The summed E-state index contributed by atoms with van der Waals surface area (Å²) >= 11 is 0.492. The van der Waals surface area contributed by atoms with Crippen LogP contribution in [0.4, 0.5) is 4.79 Å². The van der Waals surface area contributed by atoms with E-state index in [0.717, 1.165) is 0 Å². The first-order chi connectivity index (χ1) is 9.59. The molecule has 2 amide bonds. The van der Waals surface area contributed by atoms with Crippen LogP contribution in [0.25, 0.3) is 0 Å². The van der Waals surface area contributed by atoms with Crippen molar-refractivity contribution < 1.29 is 19.1 Å². The van der Waals surface area contributed by atoms with Crippen molar-refractivity contribution in [2.75, 3.05) is 41.8 Å². The number of carbonyl (C=O) groups excluding carboxylic acids is 3. The Hall–Kier alpha value is -0.708. The molecule has 8 heteroatoms. The molecular formula is C13H26N3O4Tl. The molecule has 0 rings (SSSR count). The van der Waals surface area contributed by atoms with E-state index in [0.29, 0.717) is 32.4 Å². The molecule has 0 aliphatic carbocycles. The second kappa shape index (κ2) is 11.9. The van der Waals surface area contributed by atoms with Crippen LogP contribution in [0.15, 0.2) is 0 Å². The van der Waals surface area contributed by atoms with E-state index in [-0.39, 0.29) is 30.5 Å². The van der Waals surface area contributed by atoms with Crippen LogP contribution in [-0.4, -0.2) is 105 Å². The summed E-state index contributed by atoms with van der Waals surface area (Å²) in [5.74, 6) is 0.127. The molecule has 0 saturated heterocycles. The Balaban J connectivity index is 0. The van der Waals surface area contributed by atoms with Crippen molar-refractivity contribution in [1.82, 2.24) is 12.5 Å². The number of esters is 1. The second-order valence-electron chi connectivity index (χ2n) is 5.12. The zero-order valence-electron chi connectivity index (χ0n) is 14.0. The Morgan fingerprint density at radius 2 is 1.67 bits per heavy atom. The molecule has 0 aromatic carbocycles. The fourth-order valence-corrected chi connectivity index (χ4v) is 2.43. The van der Waals surface area contributed by atoms with Crippen LogP contribution in [0.2, 0.25) is 0 Å². The van der Waals surface area contributed by atoms with E-state index >= 15 is 0 Å². The van der Waals surface area contributed by atoms with Crippen LogP contribution in [0.1, 0.15) is 13.8 Å². The number of urea groups is 1. The van der Waals surface area contributed by atoms with Crippen molar-refractivity contribution >= 4 is 44.4 Å². The molecular weight excluding hydrogens is 467 g/mol. The molecule has 0 aliphatic rings. The standard InChI is InChI=1S/C8H17NO2.C5H10N2O2.Tl/c1-6(2)7(9(3)4)8(10)11-5;1-6-5(9)7(2)3-4-8;/h6-7H,1-5H3;4H,3H2,1-2H3,(H,6,9);/q;;+1/p-1. The molecule has 1 unspecified atom stereocenters. The van der Waals surface area contributed by atoms with Crippen molar-refractivity contribution in [2.24, 2.45) is 5.92 Å². The van der Waals surface area contributed by atoms with Gasteiger partial charge in [0.25, 0.3) is 0 Å². The number of aldehydes is 1. The monoisotopic (exact) mass is 493 g/mol. The average Bonchev–Trinajstić information content (AvgIpc) is 2.37. The molecule has 0 bridgehead atoms. The van der Waals surface area contributed by atoms with Crippen LogP contribution >= 0.6 is 0 Å². The van der Waals surface area contributed by atoms with Gasteiger partial charge in [0, 0.05) is 0 Å². The molecule has 0 spiro atoms. The summed E-state index contributed by atoms with van der Waals surface area (Å²) in [4.78, 5) is 35.3. The van der Waals surface area contributed by atoms with Crippen LogP contribution in [0.5, 0.6) is 0 Å². The first-order valence-electron chi connectivity index (χ1n) is 6.51. The van der Waals surface area contributed by atoms with Gasteiger partial charge in [-0.05, 0) is 20.0 Å². The van der Waals surface area contributed by atoms with Crippen LogP contribution in [-0.2, 0) is 14.3 Å². The third-order valence-corrected chi connectivity index (χ3v) is 3.47. The van der Waals surface area contributed by atoms with E-state index in [4.69, 9.17) is 0 Å². The fraction of sp³-hybridized carbons (Fsp3) is 0.769. The van der Waals surface area contributed by atoms with E-state index in [1.807, 2.05) is 32.8 Å². The Morgan fingerprint density at radius 1 is 1.19 bits per heavy atom. The molecule has 0 saturated carbocycles. The maximum absolute atomic E-state index is 11.1. The fourth-order valence-electron chi connectivity index (χ4n) is 1.66. The van der Waals surface area contributed by atoms with E-state index < -0.39 is 0 Å². The number of hydrogen-bond donors (Lipinski definition) is 0. The molecule has 120 valence electrons. The molecule has 7 nitrogen and oxygen atoms in total. The summed E-state index contributed by atoms with van der Waals surface area (Å²) in [5.41, 5.74) is 0. The van der Waals surface area contributed by atoms with Crippen LogP contribution in [0, 0.1) is 5.92 Å². The van der Waals surface area contributed by atoms with Crippen molar-refractivity contribution in [2.45, 2.75) is 19.9 Å². The second-order valence-corrected chi connectivity index (χ2v) is 8.13. The minimum absolute atomic E-state index is 0.0860. The van der Waals surface area contributed by atoms with Gasteiger partial charge in [0.05, 0.1) is 7.11 Å². The number of likely N-dealkylation sites (N-methyl/N-ethyl adjacent to an activating group) is 2. The maximum atomic E-state index is 11.1. The summed E-state index contributed by atoms with van der Waals surface area (Å²) < 4.78 is 6.24. The van der Waals surface area contributed by atoms with E-state index in [9.17, 15) is 14.4 Å². The van der Waals surface area contributed by atoms with E-state index in [2.05, 4.69) is 4.74 Å². The van der Waals surface area contributed by atoms with Gasteiger partial charge in [-0.1, -0.05) is 13.8 Å². The minimum atomic E-state index is -0.162. The third kappa shape index (κ3) is 9.78. The number of methoxy groups -OCH3 is 1. The summed E-state index contributed by atoms with van der Waals surface area (Å²) in [6, 6.07) is -0.211. The first kappa shape index (κ1) is 22.6. The molecule has 0 fully saturated rings. The van der Waals surface area contributed by atoms with E-state index in [1.54, 1.807) is 16.8 Å². The number of rotatable bonds is 5. The van der Waals surface area contributed by atoms with Gasteiger partial charge in [-0.3, -0.25) is 9.69 Å². The number of hydrogen-bond acceptors (Lipinski definition) is 5. The third-order valence-electron chi connectivity index (χ3n) is 2.61. The summed E-state index contributed by atoms with van der Waals surface area (Å²) in [7, 11) is 8.49. The number of nitrogens with zero attached hydrogens (tertiary/aromatic N) is 3. The zero-order valence-corrected chi connectivity index (χ0v) is 18.5. The number of carbonyl (C=O) groups is 3. The molecule has 0 N–H and O–H groups in total. The molecule has 21 heavy (non-hydrogen) atoms. The Morgan fingerprint density at radius 3 is 1.86 bits per heavy atom. The predicted molar refractivity (Wildman–Crippen MR) is 81.9 cm³/mol. The summed E-state index contributed by atoms with van der Waals surface area (Å²) in [6.45, 7) is 4.18. The molecule has 1 atom stereocenters. The molecule has 0 aromatic heterocycles. The van der Waals surface area contributed by atoms with Crippen molar-refractivity contribution in [3.05, 3.63) is 0 Å². The Kier molecular flexibility index (Phi) is 12.8. The van der Waals surface area contributed by atoms with Crippen molar-refractivity contribution in [1.29, 1.82) is 0 Å². The number of ether oxygens (including phenoxy) is 1. The zero-order chi connectivity index (χ0) is 17.2. The van der Waals surface area contributed by atoms with Gasteiger partial charge >= 0.3 is 82.2 Å². The summed E-state index contributed by atoms with van der Waals surface area (Å²) in [5, 5.41) is 0. The molecule has 0 heterocycles. The first-order valence-corrected chi connectivity index (χ1v) is 8.52. The molecule has 0 aromatic rings. The molecule has 0 radical (unpaired) electrons. The van der Waals surface area contributed by atoms with Crippen LogP contribution < -0.4 is 0 Å². The number of amides is 2. The van der Waals surface area contributed by atoms with Gasteiger partial charge in [0.1, 0.15) is 6.04 Å². The van der Waals surface area contributed by atoms with Crippen molar-refractivity contribution in [3.63, 3.8) is 0 Å². The topological polar surface area (TPSA) is 70.2 Å². The Labute approximate surface area is 143 Å². The van der Waals surface area contributed by atoms with Gasteiger partial charge in [-0.25, -0.2) is 0 Å². The van der Waals surface area contributed by atoms with E-state index in [1.165, 1.54) is 12.0 Å². The Bertz CT molecular complexity index is 327. The average molecular weight is 493 g/mol. The quantitative estimate of drug-likeness (QED) is 0.307. The molecule has 0 aliphatic heterocycles. The van der Waals surface area contributed by atoms with Crippen molar-refractivity contribution in [3.8, 4) is 0 Å². The van der Waals surface area contributed by atoms with Gasteiger partial charge in [-0.15, -0.1) is 0 Å². The SMILES string of the molecule is COC(=O)C(C(C)C)N(C)C.C[N]([Tl])C(=O)N(C)CC=O. The normalized spacial score (nSPS) is 11.2. The van der Waals surface area contributed by atoms with Gasteiger partial charge in [0.2, 0.25) is 0 Å².